The molecule has 1 aliphatic heterocycles. The third kappa shape index (κ3) is 3.40. The summed E-state index contributed by atoms with van der Waals surface area (Å²) in [5, 5.41) is 0. The highest BCUT2D eigenvalue weighted by Gasteiger charge is 2.23. The van der Waals surface area contributed by atoms with Gasteiger partial charge in [-0.2, -0.15) is 0 Å². The third-order valence-electron chi connectivity index (χ3n) is 3.80. The van der Waals surface area contributed by atoms with E-state index in [1.165, 1.54) is 11.1 Å². The van der Waals surface area contributed by atoms with Crippen molar-refractivity contribution in [3.63, 3.8) is 0 Å². The normalized spacial score (nSPS) is 19.1. The van der Waals surface area contributed by atoms with Crippen molar-refractivity contribution in [3.05, 3.63) is 65.7 Å². The molecular weight excluding hydrogens is 246 g/mol. The van der Waals surface area contributed by atoms with Crippen molar-refractivity contribution in [1.82, 2.24) is 4.90 Å². The zero-order chi connectivity index (χ0) is 13.8. The smallest absolute Gasteiger partial charge is 0.119 e. The van der Waals surface area contributed by atoms with Crippen LogP contribution in [-0.2, 0) is 6.54 Å². The molecule has 0 saturated carbocycles. The lowest BCUT2D eigenvalue weighted by atomic mass is 10.2. The summed E-state index contributed by atoms with van der Waals surface area (Å²) >= 11 is 0. The van der Waals surface area contributed by atoms with Crippen LogP contribution in [0.25, 0.3) is 0 Å². The third-order valence-corrected chi connectivity index (χ3v) is 3.80. The second kappa shape index (κ2) is 6.10. The van der Waals surface area contributed by atoms with Crippen LogP contribution in [0.4, 0.5) is 0 Å². The monoisotopic (exact) mass is 267 g/mol. The molecule has 2 heteroatoms. The second-order valence-electron chi connectivity index (χ2n) is 5.56. The minimum atomic E-state index is 0.321. The summed E-state index contributed by atoms with van der Waals surface area (Å²) in [4.78, 5) is 2.47. The number of likely N-dealkylation sites (tertiary alicyclic amines) is 1. The number of benzene rings is 2. The van der Waals surface area contributed by atoms with Crippen molar-refractivity contribution >= 4 is 0 Å². The van der Waals surface area contributed by atoms with Crippen LogP contribution < -0.4 is 4.74 Å². The van der Waals surface area contributed by atoms with Crippen molar-refractivity contribution in [3.8, 4) is 5.75 Å². The number of rotatable bonds is 4. The SMILES string of the molecule is Cc1ccc(O[C@H]2CCN(Cc3ccccc3)C2)cc1. The summed E-state index contributed by atoms with van der Waals surface area (Å²) in [7, 11) is 0. The van der Waals surface area contributed by atoms with Gasteiger partial charge in [-0.3, -0.25) is 4.90 Å². The van der Waals surface area contributed by atoms with Gasteiger partial charge in [0.05, 0.1) is 0 Å². The standard InChI is InChI=1S/C18H21NO/c1-15-7-9-17(10-8-15)20-18-11-12-19(14-18)13-16-5-3-2-4-6-16/h2-10,18H,11-14H2,1H3/t18-/m0/s1. The Morgan fingerprint density at radius 1 is 1.05 bits per heavy atom. The van der Waals surface area contributed by atoms with Gasteiger partial charge in [-0.1, -0.05) is 48.0 Å². The predicted octanol–water partition coefficient (Wildman–Crippen LogP) is 3.65. The Morgan fingerprint density at radius 3 is 2.55 bits per heavy atom. The summed E-state index contributed by atoms with van der Waals surface area (Å²) < 4.78 is 6.06. The molecule has 2 aromatic carbocycles. The van der Waals surface area contributed by atoms with Crippen LogP contribution in [0.15, 0.2) is 54.6 Å². The van der Waals surface area contributed by atoms with Crippen LogP contribution in [0.3, 0.4) is 0 Å². The first-order valence-electron chi connectivity index (χ1n) is 7.29. The molecular formula is C18H21NO. The molecule has 3 rings (SSSR count). The Balaban J connectivity index is 1.53. The van der Waals surface area contributed by atoms with Crippen molar-refractivity contribution < 1.29 is 4.74 Å². The Morgan fingerprint density at radius 2 is 1.80 bits per heavy atom. The van der Waals surface area contributed by atoms with Gasteiger partial charge in [0.15, 0.2) is 0 Å². The second-order valence-corrected chi connectivity index (χ2v) is 5.56. The lowest BCUT2D eigenvalue weighted by Crippen LogP contribution is -2.24. The number of hydrogen-bond donors (Lipinski definition) is 0. The quantitative estimate of drug-likeness (QED) is 0.838. The van der Waals surface area contributed by atoms with Gasteiger partial charge in [0.2, 0.25) is 0 Å². The number of aryl methyl sites for hydroxylation is 1. The predicted molar refractivity (Wildman–Crippen MR) is 81.9 cm³/mol. The van der Waals surface area contributed by atoms with Crippen LogP contribution >= 0.6 is 0 Å². The van der Waals surface area contributed by atoms with Crippen molar-refractivity contribution in [1.29, 1.82) is 0 Å². The maximum absolute atomic E-state index is 6.06. The van der Waals surface area contributed by atoms with E-state index in [1.54, 1.807) is 0 Å². The molecule has 0 spiro atoms. The van der Waals surface area contributed by atoms with Crippen LogP contribution in [0.5, 0.6) is 5.75 Å². The molecule has 104 valence electrons. The molecule has 1 heterocycles. The molecule has 1 fully saturated rings. The first kappa shape index (κ1) is 13.2. The first-order valence-corrected chi connectivity index (χ1v) is 7.29. The van der Waals surface area contributed by atoms with Crippen LogP contribution in [0, 0.1) is 6.92 Å². The van der Waals surface area contributed by atoms with Gasteiger partial charge in [0, 0.05) is 19.6 Å². The molecule has 2 nitrogen and oxygen atoms in total. The molecule has 0 aliphatic carbocycles. The van der Waals surface area contributed by atoms with Crippen molar-refractivity contribution in [2.45, 2.75) is 26.0 Å². The van der Waals surface area contributed by atoms with Crippen LogP contribution in [-0.4, -0.2) is 24.1 Å². The maximum atomic E-state index is 6.06. The zero-order valence-electron chi connectivity index (χ0n) is 12.0. The van der Waals surface area contributed by atoms with Crippen LogP contribution in [0.2, 0.25) is 0 Å². The van der Waals surface area contributed by atoms with E-state index in [2.05, 4.69) is 66.4 Å². The van der Waals surface area contributed by atoms with E-state index in [0.717, 1.165) is 31.8 Å². The fourth-order valence-corrected chi connectivity index (χ4v) is 2.69. The van der Waals surface area contributed by atoms with Gasteiger partial charge >= 0.3 is 0 Å². The molecule has 0 bridgehead atoms. The largest absolute Gasteiger partial charge is 0.489 e. The average Bonchev–Trinajstić information content (AvgIpc) is 2.90. The van der Waals surface area contributed by atoms with Crippen molar-refractivity contribution in [2.24, 2.45) is 0 Å². The van der Waals surface area contributed by atoms with Gasteiger partial charge in [-0.15, -0.1) is 0 Å². The highest BCUT2D eigenvalue weighted by molar-refractivity contribution is 5.26. The molecule has 0 unspecified atom stereocenters. The van der Waals surface area contributed by atoms with E-state index < -0.39 is 0 Å². The van der Waals surface area contributed by atoms with Gasteiger partial charge in [0.1, 0.15) is 11.9 Å². The van der Waals surface area contributed by atoms with Gasteiger partial charge in [-0.25, -0.2) is 0 Å². The topological polar surface area (TPSA) is 12.5 Å². The Kier molecular flexibility index (Phi) is 4.03. The van der Waals surface area contributed by atoms with Crippen molar-refractivity contribution in [2.75, 3.05) is 13.1 Å². The molecule has 1 saturated heterocycles. The summed E-state index contributed by atoms with van der Waals surface area (Å²) in [6.07, 6.45) is 1.43. The molecule has 0 radical (unpaired) electrons. The molecule has 0 N–H and O–H groups in total. The zero-order valence-corrected chi connectivity index (χ0v) is 12.0. The van der Waals surface area contributed by atoms with E-state index in [0.29, 0.717) is 6.10 Å². The summed E-state index contributed by atoms with van der Waals surface area (Å²) in [6.45, 7) is 5.25. The van der Waals surface area contributed by atoms with Gasteiger partial charge in [0.25, 0.3) is 0 Å². The summed E-state index contributed by atoms with van der Waals surface area (Å²) in [5.41, 5.74) is 2.65. The molecule has 2 aromatic rings. The summed E-state index contributed by atoms with van der Waals surface area (Å²) in [6, 6.07) is 19.0. The lowest BCUT2D eigenvalue weighted by molar-refractivity contribution is 0.198. The van der Waals surface area contributed by atoms with E-state index in [4.69, 9.17) is 4.74 Å². The van der Waals surface area contributed by atoms with Gasteiger partial charge < -0.3 is 4.74 Å². The number of ether oxygens (including phenoxy) is 1. The van der Waals surface area contributed by atoms with E-state index >= 15 is 0 Å². The fraction of sp³-hybridized carbons (Fsp3) is 0.333. The summed E-state index contributed by atoms with van der Waals surface area (Å²) in [5.74, 6) is 0.988. The number of nitrogens with zero attached hydrogens (tertiary/aromatic N) is 1. The average molecular weight is 267 g/mol. The molecule has 0 aromatic heterocycles. The molecule has 0 amide bonds. The van der Waals surface area contributed by atoms with E-state index in [9.17, 15) is 0 Å². The molecule has 1 aliphatic rings. The number of hydrogen-bond acceptors (Lipinski definition) is 2. The van der Waals surface area contributed by atoms with E-state index in [-0.39, 0.29) is 0 Å². The lowest BCUT2D eigenvalue weighted by Gasteiger charge is -2.17. The minimum Gasteiger partial charge on any atom is -0.489 e. The molecule has 1 atom stereocenters. The Labute approximate surface area is 121 Å². The highest BCUT2D eigenvalue weighted by Crippen LogP contribution is 2.20. The van der Waals surface area contributed by atoms with Gasteiger partial charge in [-0.05, 0) is 31.0 Å². The fourth-order valence-electron chi connectivity index (χ4n) is 2.69. The highest BCUT2D eigenvalue weighted by atomic mass is 16.5. The first-order chi connectivity index (χ1) is 9.79. The Bertz CT molecular complexity index is 535. The maximum Gasteiger partial charge on any atom is 0.119 e. The Hall–Kier alpha value is -1.80. The molecule has 20 heavy (non-hydrogen) atoms. The van der Waals surface area contributed by atoms with Crippen LogP contribution in [0.1, 0.15) is 17.5 Å². The van der Waals surface area contributed by atoms with E-state index in [1.807, 2.05) is 0 Å². The minimum absolute atomic E-state index is 0.321.